The number of aromatic nitrogens is 4. The minimum Gasteiger partial charge on any atom is -0.270 e. The molecule has 84 valence electrons. The summed E-state index contributed by atoms with van der Waals surface area (Å²) >= 11 is 5.79. The zero-order valence-corrected chi connectivity index (χ0v) is 10.2. The van der Waals surface area contributed by atoms with Gasteiger partial charge in [-0.2, -0.15) is 5.10 Å². The fraction of sp³-hybridized carbons (Fsp3) is 0.364. The van der Waals surface area contributed by atoms with Crippen molar-refractivity contribution >= 4 is 11.6 Å². The lowest BCUT2D eigenvalue weighted by atomic mass is 10.1. The molecule has 16 heavy (non-hydrogen) atoms. The molecular formula is C11H13ClN4. The Labute approximate surface area is 99.3 Å². The van der Waals surface area contributed by atoms with Crippen LogP contribution in [0.1, 0.15) is 25.5 Å². The van der Waals surface area contributed by atoms with Crippen LogP contribution in [-0.2, 0) is 0 Å². The maximum Gasteiger partial charge on any atom is 0.222 e. The predicted octanol–water partition coefficient (Wildman–Crippen LogP) is 2.88. The van der Waals surface area contributed by atoms with Gasteiger partial charge in [-0.25, -0.2) is 9.97 Å². The first-order valence-corrected chi connectivity index (χ1v) is 5.49. The number of hydrogen-bond donors (Lipinski definition) is 0. The van der Waals surface area contributed by atoms with Gasteiger partial charge in [-0.05, 0) is 37.9 Å². The number of halogens is 1. The molecule has 0 aliphatic heterocycles. The van der Waals surface area contributed by atoms with Crippen LogP contribution in [0.25, 0.3) is 11.3 Å². The summed E-state index contributed by atoms with van der Waals surface area (Å²) in [7, 11) is 0. The number of hydrogen-bond acceptors (Lipinski definition) is 3. The van der Waals surface area contributed by atoms with E-state index in [9.17, 15) is 0 Å². The Morgan fingerprint density at radius 3 is 2.69 bits per heavy atom. The third-order valence-electron chi connectivity index (χ3n) is 2.35. The highest BCUT2D eigenvalue weighted by atomic mass is 35.5. The van der Waals surface area contributed by atoms with Crippen LogP contribution in [0, 0.1) is 6.92 Å². The van der Waals surface area contributed by atoms with E-state index in [-0.39, 0.29) is 5.28 Å². The number of rotatable bonds is 2. The van der Waals surface area contributed by atoms with Gasteiger partial charge in [0.05, 0.1) is 11.9 Å². The standard InChI is InChI=1S/C11H13ClN4/c1-7(2)16-6-9(5-14-16)10-8(3)4-13-11(12)15-10/h4-7H,1-3H3. The van der Waals surface area contributed by atoms with Crippen molar-refractivity contribution in [3.05, 3.63) is 29.4 Å². The van der Waals surface area contributed by atoms with Gasteiger partial charge in [0.25, 0.3) is 0 Å². The van der Waals surface area contributed by atoms with Gasteiger partial charge in [-0.15, -0.1) is 0 Å². The normalized spacial score (nSPS) is 11.1. The van der Waals surface area contributed by atoms with Crippen LogP contribution in [0.5, 0.6) is 0 Å². The van der Waals surface area contributed by atoms with Crippen molar-refractivity contribution in [3.8, 4) is 11.3 Å². The highest BCUT2D eigenvalue weighted by Gasteiger charge is 2.09. The van der Waals surface area contributed by atoms with Crippen molar-refractivity contribution < 1.29 is 0 Å². The fourth-order valence-corrected chi connectivity index (χ4v) is 1.59. The van der Waals surface area contributed by atoms with E-state index >= 15 is 0 Å². The Balaban J connectivity index is 2.46. The molecule has 0 radical (unpaired) electrons. The second kappa shape index (κ2) is 4.22. The molecule has 0 amide bonds. The van der Waals surface area contributed by atoms with Gasteiger partial charge in [-0.3, -0.25) is 4.68 Å². The van der Waals surface area contributed by atoms with Crippen LogP contribution in [0.15, 0.2) is 18.6 Å². The molecule has 0 unspecified atom stereocenters. The zero-order valence-electron chi connectivity index (χ0n) is 9.48. The van der Waals surface area contributed by atoms with Crippen LogP contribution < -0.4 is 0 Å². The van der Waals surface area contributed by atoms with Crippen molar-refractivity contribution in [1.82, 2.24) is 19.7 Å². The molecule has 0 aromatic carbocycles. The van der Waals surface area contributed by atoms with Crippen molar-refractivity contribution in [1.29, 1.82) is 0 Å². The maximum atomic E-state index is 5.79. The molecule has 0 aliphatic rings. The third-order valence-corrected chi connectivity index (χ3v) is 2.53. The molecule has 5 heteroatoms. The van der Waals surface area contributed by atoms with Gasteiger partial charge in [0.2, 0.25) is 5.28 Å². The van der Waals surface area contributed by atoms with Gasteiger partial charge >= 0.3 is 0 Å². The average molecular weight is 237 g/mol. The van der Waals surface area contributed by atoms with Gasteiger partial charge in [0.1, 0.15) is 0 Å². The van der Waals surface area contributed by atoms with Gasteiger partial charge in [0, 0.05) is 24.0 Å². The fourth-order valence-electron chi connectivity index (χ4n) is 1.46. The topological polar surface area (TPSA) is 43.6 Å². The highest BCUT2D eigenvalue weighted by molar-refractivity contribution is 6.28. The Kier molecular flexibility index (Phi) is 2.92. The Bertz CT molecular complexity index is 504. The van der Waals surface area contributed by atoms with Crippen LogP contribution in [0.4, 0.5) is 0 Å². The van der Waals surface area contributed by atoms with E-state index in [4.69, 9.17) is 11.6 Å². The van der Waals surface area contributed by atoms with Crippen molar-refractivity contribution in [3.63, 3.8) is 0 Å². The maximum absolute atomic E-state index is 5.79. The molecule has 0 N–H and O–H groups in total. The number of nitrogens with zero attached hydrogens (tertiary/aromatic N) is 4. The SMILES string of the molecule is Cc1cnc(Cl)nc1-c1cnn(C(C)C)c1. The first-order chi connectivity index (χ1) is 7.58. The lowest BCUT2D eigenvalue weighted by Gasteiger charge is -2.04. The molecular weight excluding hydrogens is 224 g/mol. The first kappa shape index (κ1) is 11.1. The quantitative estimate of drug-likeness (QED) is 0.753. The Morgan fingerprint density at radius 1 is 1.31 bits per heavy atom. The summed E-state index contributed by atoms with van der Waals surface area (Å²) in [5, 5.41) is 4.54. The van der Waals surface area contributed by atoms with Crippen LogP contribution in [-0.4, -0.2) is 19.7 Å². The first-order valence-electron chi connectivity index (χ1n) is 5.11. The summed E-state index contributed by atoms with van der Waals surface area (Å²) in [5.41, 5.74) is 2.80. The lowest BCUT2D eigenvalue weighted by molar-refractivity contribution is 0.532. The average Bonchev–Trinajstić information content (AvgIpc) is 2.70. The monoisotopic (exact) mass is 236 g/mol. The highest BCUT2D eigenvalue weighted by Crippen LogP contribution is 2.22. The molecule has 0 saturated heterocycles. The van der Waals surface area contributed by atoms with Crippen LogP contribution in [0.2, 0.25) is 5.28 Å². The van der Waals surface area contributed by atoms with E-state index in [0.717, 1.165) is 16.8 Å². The summed E-state index contributed by atoms with van der Waals surface area (Å²) < 4.78 is 1.89. The molecule has 0 bridgehead atoms. The Hall–Kier alpha value is -1.42. The summed E-state index contributed by atoms with van der Waals surface area (Å²) in [4.78, 5) is 8.15. The lowest BCUT2D eigenvalue weighted by Crippen LogP contribution is -1.99. The minimum atomic E-state index is 0.262. The Morgan fingerprint density at radius 2 is 2.06 bits per heavy atom. The second-order valence-corrected chi connectivity index (χ2v) is 4.31. The summed E-state index contributed by atoms with van der Waals surface area (Å²) in [6, 6.07) is 0.339. The molecule has 2 aromatic rings. The molecule has 2 heterocycles. The molecule has 2 aromatic heterocycles. The van der Waals surface area contributed by atoms with E-state index in [1.165, 1.54) is 0 Å². The summed E-state index contributed by atoms with van der Waals surface area (Å²) in [6.45, 7) is 6.12. The van der Waals surface area contributed by atoms with E-state index in [2.05, 4.69) is 28.9 Å². The molecule has 0 spiro atoms. The molecule has 0 atom stereocenters. The molecule has 0 fully saturated rings. The van der Waals surface area contributed by atoms with E-state index < -0.39 is 0 Å². The van der Waals surface area contributed by atoms with E-state index in [1.807, 2.05) is 17.8 Å². The van der Waals surface area contributed by atoms with E-state index in [1.54, 1.807) is 12.4 Å². The van der Waals surface area contributed by atoms with Crippen LogP contribution >= 0.6 is 11.6 Å². The summed E-state index contributed by atoms with van der Waals surface area (Å²) in [5.74, 6) is 0. The molecule has 0 saturated carbocycles. The van der Waals surface area contributed by atoms with Crippen molar-refractivity contribution in [2.24, 2.45) is 0 Å². The van der Waals surface area contributed by atoms with Gasteiger partial charge in [-0.1, -0.05) is 0 Å². The molecule has 0 aliphatic carbocycles. The third kappa shape index (κ3) is 2.07. The predicted molar refractivity (Wildman–Crippen MR) is 63.4 cm³/mol. The smallest absolute Gasteiger partial charge is 0.222 e. The van der Waals surface area contributed by atoms with E-state index in [0.29, 0.717) is 6.04 Å². The van der Waals surface area contributed by atoms with Crippen molar-refractivity contribution in [2.45, 2.75) is 26.8 Å². The van der Waals surface area contributed by atoms with Crippen molar-refractivity contribution in [2.75, 3.05) is 0 Å². The zero-order chi connectivity index (χ0) is 11.7. The largest absolute Gasteiger partial charge is 0.270 e. The molecule has 4 nitrogen and oxygen atoms in total. The number of aryl methyl sites for hydroxylation is 1. The van der Waals surface area contributed by atoms with Gasteiger partial charge < -0.3 is 0 Å². The molecule has 2 rings (SSSR count). The van der Waals surface area contributed by atoms with Gasteiger partial charge in [0.15, 0.2) is 0 Å². The second-order valence-electron chi connectivity index (χ2n) is 3.97. The summed E-state index contributed by atoms with van der Waals surface area (Å²) in [6.07, 6.45) is 5.49. The van der Waals surface area contributed by atoms with Crippen LogP contribution in [0.3, 0.4) is 0 Å². The minimum absolute atomic E-state index is 0.262.